The lowest BCUT2D eigenvalue weighted by Gasteiger charge is -2.18. The third-order valence-corrected chi connectivity index (χ3v) is 5.15. The average Bonchev–Trinajstić information content (AvgIpc) is 2.80. The predicted octanol–water partition coefficient (Wildman–Crippen LogP) is 2.45. The Kier molecular flexibility index (Phi) is 5.34. The molecular weight excluding hydrogens is 324 g/mol. The summed E-state index contributed by atoms with van der Waals surface area (Å²) in [5.74, 6) is 0.0658. The Morgan fingerprint density at radius 2 is 2.18 bits per heavy atom. The molecular formula is C15H21ClN2O3S. The van der Waals surface area contributed by atoms with Crippen LogP contribution in [0.5, 0.6) is 0 Å². The summed E-state index contributed by atoms with van der Waals surface area (Å²) >= 11 is 6.15. The number of halogens is 1. The van der Waals surface area contributed by atoms with E-state index in [0.717, 1.165) is 29.0 Å². The molecule has 2 N–H and O–H groups in total. The second kappa shape index (κ2) is 6.87. The van der Waals surface area contributed by atoms with Crippen LogP contribution >= 0.6 is 11.6 Å². The van der Waals surface area contributed by atoms with E-state index in [-0.39, 0.29) is 23.9 Å². The summed E-state index contributed by atoms with van der Waals surface area (Å²) < 4.78 is 22.3. The van der Waals surface area contributed by atoms with E-state index < -0.39 is 9.84 Å². The van der Waals surface area contributed by atoms with Crippen molar-refractivity contribution in [2.45, 2.75) is 38.3 Å². The molecule has 0 bridgehead atoms. The number of benzene rings is 1. The maximum absolute atomic E-state index is 12.0. The number of sulfone groups is 1. The predicted molar refractivity (Wildman–Crippen MR) is 88.0 cm³/mol. The van der Waals surface area contributed by atoms with Gasteiger partial charge in [-0.2, -0.15) is 0 Å². The second-order valence-corrected chi connectivity index (χ2v) is 8.50. The van der Waals surface area contributed by atoms with Crippen molar-refractivity contribution in [1.29, 1.82) is 0 Å². The Morgan fingerprint density at radius 3 is 2.86 bits per heavy atom. The molecule has 0 heterocycles. The van der Waals surface area contributed by atoms with Crippen molar-refractivity contribution in [1.82, 2.24) is 10.6 Å². The topological polar surface area (TPSA) is 75.3 Å². The molecule has 122 valence electrons. The molecule has 0 spiro atoms. The monoisotopic (exact) mass is 344 g/mol. The van der Waals surface area contributed by atoms with Gasteiger partial charge in [-0.15, -0.1) is 0 Å². The lowest BCUT2D eigenvalue weighted by Crippen LogP contribution is -2.42. The molecule has 1 aromatic rings. The molecule has 7 heteroatoms. The van der Waals surface area contributed by atoms with Crippen molar-refractivity contribution in [3.05, 3.63) is 34.3 Å². The average molecular weight is 345 g/mol. The number of carbonyl (C=O) groups is 1. The van der Waals surface area contributed by atoms with Crippen molar-refractivity contribution in [3.8, 4) is 0 Å². The maximum atomic E-state index is 12.0. The van der Waals surface area contributed by atoms with E-state index >= 15 is 0 Å². The van der Waals surface area contributed by atoms with E-state index in [2.05, 4.69) is 10.6 Å². The Hall–Kier alpha value is -1.27. The van der Waals surface area contributed by atoms with Gasteiger partial charge in [-0.1, -0.05) is 23.7 Å². The number of hydrogen-bond acceptors (Lipinski definition) is 3. The van der Waals surface area contributed by atoms with Gasteiger partial charge in [0, 0.05) is 17.3 Å². The first-order chi connectivity index (χ1) is 10.3. The smallest absolute Gasteiger partial charge is 0.315 e. The largest absolute Gasteiger partial charge is 0.336 e. The van der Waals surface area contributed by atoms with Gasteiger partial charge in [0.2, 0.25) is 0 Å². The third-order valence-electron chi connectivity index (χ3n) is 3.82. The fraction of sp³-hybridized carbons (Fsp3) is 0.533. The lowest BCUT2D eigenvalue weighted by molar-refractivity contribution is 0.233. The highest BCUT2D eigenvalue weighted by molar-refractivity contribution is 7.90. The van der Waals surface area contributed by atoms with Crippen LogP contribution in [0.15, 0.2) is 18.2 Å². The van der Waals surface area contributed by atoms with Gasteiger partial charge in [0.05, 0.1) is 11.8 Å². The highest BCUT2D eigenvalue weighted by atomic mass is 35.5. The van der Waals surface area contributed by atoms with Crippen LogP contribution in [0.2, 0.25) is 5.02 Å². The minimum atomic E-state index is -3.01. The zero-order valence-corrected chi connectivity index (χ0v) is 14.3. The van der Waals surface area contributed by atoms with Crippen LogP contribution < -0.4 is 10.6 Å². The highest BCUT2D eigenvalue weighted by Gasteiger charge is 2.25. The van der Waals surface area contributed by atoms with E-state index in [0.29, 0.717) is 6.42 Å². The number of nitrogens with one attached hydrogen (secondary N) is 2. The normalized spacial score (nSPS) is 18.6. The van der Waals surface area contributed by atoms with Crippen molar-refractivity contribution in [2.24, 2.45) is 0 Å². The van der Waals surface area contributed by atoms with Gasteiger partial charge in [0.1, 0.15) is 9.84 Å². The zero-order valence-electron chi connectivity index (χ0n) is 12.7. The quantitative estimate of drug-likeness (QED) is 0.861. The summed E-state index contributed by atoms with van der Waals surface area (Å²) in [4.78, 5) is 12.0. The van der Waals surface area contributed by atoms with Crippen LogP contribution in [0.25, 0.3) is 0 Å². The Morgan fingerprint density at radius 1 is 1.45 bits per heavy atom. The summed E-state index contributed by atoms with van der Waals surface area (Å²) in [5.41, 5.74) is 2.16. The van der Waals surface area contributed by atoms with Crippen LogP contribution in [0.3, 0.4) is 0 Å². The van der Waals surface area contributed by atoms with Gasteiger partial charge in [0.25, 0.3) is 0 Å². The van der Waals surface area contributed by atoms with Gasteiger partial charge in [0.15, 0.2) is 0 Å². The molecule has 1 aliphatic carbocycles. The summed E-state index contributed by atoms with van der Waals surface area (Å²) in [6.07, 6.45) is 3.27. The number of fused-ring (bicyclic) bond motifs is 1. The molecule has 1 aliphatic rings. The maximum Gasteiger partial charge on any atom is 0.315 e. The molecule has 0 aliphatic heterocycles. The van der Waals surface area contributed by atoms with Gasteiger partial charge in [-0.05, 0) is 43.4 Å². The molecule has 0 unspecified atom stereocenters. The van der Waals surface area contributed by atoms with E-state index in [1.54, 1.807) is 6.92 Å². The van der Waals surface area contributed by atoms with Crippen LogP contribution in [-0.2, 0) is 16.3 Å². The van der Waals surface area contributed by atoms with E-state index in [4.69, 9.17) is 11.6 Å². The third kappa shape index (κ3) is 4.61. The molecule has 0 saturated carbocycles. The zero-order chi connectivity index (χ0) is 16.3. The molecule has 0 saturated heterocycles. The first-order valence-corrected chi connectivity index (χ1v) is 9.72. The molecule has 2 atom stereocenters. The summed E-state index contributed by atoms with van der Waals surface area (Å²) in [6, 6.07) is 5.19. The molecule has 0 radical (unpaired) electrons. The second-order valence-electron chi connectivity index (χ2n) is 5.84. The van der Waals surface area contributed by atoms with Crippen LogP contribution in [-0.4, -0.2) is 32.5 Å². The van der Waals surface area contributed by atoms with Gasteiger partial charge in [-0.3, -0.25) is 0 Å². The van der Waals surface area contributed by atoms with Crippen molar-refractivity contribution in [2.75, 3.05) is 12.0 Å². The lowest BCUT2D eigenvalue weighted by atomic mass is 10.1. The van der Waals surface area contributed by atoms with Crippen LogP contribution in [0.4, 0.5) is 4.79 Å². The van der Waals surface area contributed by atoms with E-state index in [1.807, 2.05) is 18.2 Å². The summed E-state index contributed by atoms with van der Waals surface area (Å²) in [5, 5.41) is 6.45. The number of rotatable bonds is 5. The minimum Gasteiger partial charge on any atom is -0.336 e. The van der Waals surface area contributed by atoms with Crippen LogP contribution in [0.1, 0.15) is 36.9 Å². The number of urea groups is 1. The molecule has 5 nitrogen and oxygen atoms in total. The molecule has 0 fully saturated rings. The fourth-order valence-corrected chi connectivity index (χ4v) is 3.70. The van der Waals surface area contributed by atoms with E-state index in [1.165, 1.54) is 6.26 Å². The van der Waals surface area contributed by atoms with Gasteiger partial charge < -0.3 is 10.6 Å². The SMILES string of the molecule is C[C@H](CCS(C)(=O)=O)NC(=O)N[C@H]1CCc2c(Cl)cccc21. The van der Waals surface area contributed by atoms with Crippen molar-refractivity contribution in [3.63, 3.8) is 0 Å². The molecule has 0 aromatic heterocycles. The number of carbonyl (C=O) groups excluding carboxylic acids is 1. The van der Waals surface area contributed by atoms with E-state index in [9.17, 15) is 13.2 Å². The molecule has 1 aromatic carbocycles. The van der Waals surface area contributed by atoms with Crippen molar-refractivity contribution >= 4 is 27.5 Å². The number of hydrogen-bond donors (Lipinski definition) is 2. The number of amides is 2. The molecule has 2 rings (SSSR count). The summed E-state index contributed by atoms with van der Waals surface area (Å²) in [7, 11) is -3.01. The molecule has 22 heavy (non-hydrogen) atoms. The van der Waals surface area contributed by atoms with Crippen LogP contribution in [0, 0.1) is 0 Å². The summed E-state index contributed by atoms with van der Waals surface area (Å²) in [6.45, 7) is 1.80. The Balaban J connectivity index is 1.88. The standard InChI is InChI=1S/C15H21ClN2O3S/c1-10(8-9-22(2,20)21)17-15(19)18-14-7-6-11-12(14)4-3-5-13(11)16/h3-5,10,14H,6-9H2,1-2H3,(H2,17,18,19)/t10-,14+/m1/s1. The molecule has 2 amide bonds. The first-order valence-electron chi connectivity index (χ1n) is 7.28. The highest BCUT2D eigenvalue weighted by Crippen LogP contribution is 2.35. The van der Waals surface area contributed by atoms with Gasteiger partial charge in [-0.25, -0.2) is 13.2 Å². The first kappa shape index (κ1) is 17.1. The fourth-order valence-electron chi connectivity index (χ4n) is 2.65. The minimum absolute atomic E-state index is 0.0455. The Bertz CT molecular complexity index is 661. The van der Waals surface area contributed by atoms with Gasteiger partial charge >= 0.3 is 6.03 Å². The van der Waals surface area contributed by atoms with Crippen molar-refractivity contribution < 1.29 is 13.2 Å². The Labute approximate surface area is 136 Å².